The summed E-state index contributed by atoms with van der Waals surface area (Å²) in [7, 11) is 0. The van der Waals surface area contributed by atoms with E-state index < -0.39 is 6.35 Å². The van der Waals surface area contributed by atoms with Gasteiger partial charge in [-0.15, -0.1) is 5.73 Å². The van der Waals surface area contributed by atoms with Gasteiger partial charge in [0.15, 0.2) is 5.84 Å². The van der Waals surface area contributed by atoms with Crippen LogP contribution in [-0.2, 0) is 0 Å². The van der Waals surface area contributed by atoms with E-state index in [1.54, 1.807) is 24.5 Å². The molecule has 0 saturated carbocycles. The monoisotopic (exact) mass is 393 g/mol. The lowest BCUT2D eigenvalue weighted by atomic mass is 10.1. The Labute approximate surface area is 169 Å². The van der Waals surface area contributed by atoms with E-state index in [-0.39, 0.29) is 6.04 Å². The molecule has 0 bridgehead atoms. The Morgan fingerprint density at radius 2 is 2.32 bits per heavy atom. The maximum atomic E-state index is 6.02. The third-order valence-corrected chi connectivity index (χ3v) is 3.87. The Kier molecular flexibility index (Phi) is 7.11. The molecule has 1 heterocycles. The van der Waals surface area contributed by atoms with Gasteiger partial charge in [-0.05, 0) is 54.8 Å². The van der Waals surface area contributed by atoms with Crippen molar-refractivity contribution >= 4 is 23.8 Å². The highest BCUT2D eigenvalue weighted by atomic mass is 35.5. The van der Waals surface area contributed by atoms with E-state index in [2.05, 4.69) is 43.7 Å². The van der Waals surface area contributed by atoms with Crippen LogP contribution in [0.4, 0.5) is 0 Å². The third kappa shape index (κ3) is 5.90. The number of halogens is 1. The molecule has 28 heavy (non-hydrogen) atoms. The summed E-state index contributed by atoms with van der Waals surface area (Å²) < 4.78 is 5.85. The SMILES string of the molecule is CCN=CNC(/N=C1\C#CC(C2=CC=C=CC=C2)NN1)Oc1cccc(Cl)c1. The Morgan fingerprint density at radius 1 is 1.39 bits per heavy atom. The molecule has 6 nitrogen and oxygen atoms in total. The minimum atomic E-state index is -0.715. The molecule has 3 N–H and O–H groups in total. The van der Waals surface area contributed by atoms with Gasteiger partial charge in [-0.3, -0.25) is 10.4 Å². The van der Waals surface area contributed by atoms with Crippen molar-refractivity contribution in [3.63, 3.8) is 0 Å². The summed E-state index contributed by atoms with van der Waals surface area (Å²) in [6.45, 7) is 2.59. The van der Waals surface area contributed by atoms with Crippen molar-refractivity contribution in [3.05, 3.63) is 71.0 Å². The minimum absolute atomic E-state index is 0.151. The summed E-state index contributed by atoms with van der Waals surface area (Å²) >= 11 is 6.02. The molecule has 1 aliphatic carbocycles. The summed E-state index contributed by atoms with van der Waals surface area (Å²) in [4.78, 5) is 8.60. The molecule has 0 saturated heterocycles. The summed E-state index contributed by atoms with van der Waals surface area (Å²) in [5.41, 5.74) is 10.2. The van der Waals surface area contributed by atoms with Gasteiger partial charge < -0.3 is 10.1 Å². The van der Waals surface area contributed by atoms with Crippen molar-refractivity contribution in [3.8, 4) is 17.6 Å². The number of nitrogens with zero attached hydrogens (tertiary/aromatic N) is 2. The first kappa shape index (κ1) is 19.5. The second-order valence-electron chi connectivity index (χ2n) is 5.70. The average Bonchev–Trinajstić information content (AvgIpc) is 2.98. The van der Waals surface area contributed by atoms with E-state index in [1.165, 1.54) is 0 Å². The van der Waals surface area contributed by atoms with Crippen LogP contribution in [0.2, 0.25) is 5.02 Å². The predicted octanol–water partition coefficient (Wildman–Crippen LogP) is 2.73. The van der Waals surface area contributed by atoms with E-state index in [1.807, 2.05) is 43.4 Å². The molecule has 0 fully saturated rings. The fraction of sp³-hybridized carbons (Fsp3) is 0.190. The molecule has 1 aromatic rings. The van der Waals surface area contributed by atoms with E-state index in [9.17, 15) is 0 Å². The predicted molar refractivity (Wildman–Crippen MR) is 113 cm³/mol. The highest BCUT2D eigenvalue weighted by Crippen LogP contribution is 2.18. The minimum Gasteiger partial charge on any atom is -0.450 e. The topological polar surface area (TPSA) is 70.0 Å². The number of ether oxygens (including phenoxy) is 1. The number of allylic oxidation sites excluding steroid dienone is 3. The molecular weight excluding hydrogens is 374 g/mol. The first-order valence-electron chi connectivity index (χ1n) is 8.81. The van der Waals surface area contributed by atoms with Crippen molar-refractivity contribution in [2.45, 2.75) is 19.3 Å². The van der Waals surface area contributed by atoms with Crippen LogP contribution in [0, 0.1) is 11.8 Å². The normalized spacial score (nSPS) is 20.1. The molecule has 3 rings (SSSR count). The maximum Gasteiger partial charge on any atom is 0.271 e. The molecule has 1 aliphatic heterocycles. The van der Waals surface area contributed by atoms with Crippen LogP contribution in [0.1, 0.15) is 6.92 Å². The standard InChI is InChI=1S/C21H20ClN5O/c1-2-23-15-24-21(28-18-11-7-10-17(22)14-18)25-20-13-12-19(26-27-20)16-8-5-3-4-6-9-16/h3,5-11,14-15,19,21,26H,2H2,1H3,(H,23,24)(H,25,27). The largest absolute Gasteiger partial charge is 0.450 e. The summed E-state index contributed by atoms with van der Waals surface area (Å²) in [5, 5.41) is 3.58. The highest BCUT2D eigenvalue weighted by Gasteiger charge is 2.15. The van der Waals surface area contributed by atoms with Gasteiger partial charge in [0.1, 0.15) is 11.8 Å². The fourth-order valence-corrected chi connectivity index (χ4v) is 2.51. The molecule has 142 valence electrons. The number of hydrazine groups is 1. The zero-order chi connectivity index (χ0) is 19.6. The van der Waals surface area contributed by atoms with E-state index in [4.69, 9.17) is 16.3 Å². The van der Waals surface area contributed by atoms with Crippen molar-refractivity contribution < 1.29 is 4.74 Å². The molecule has 2 atom stereocenters. The number of benzene rings is 1. The second-order valence-corrected chi connectivity index (χ2v) is 6.13. The Bertz CT molecular complexity index is 945. The van der Waals surface area contributed by atoms with Gasteiger partial charge in [-0.25, -0.2) is 5.43 Å². The molecule has 2 unspecified atom stereocenters. The van der Waals surface area contributed by atoms with Gasteiger partial charge in [-0.1, -0.05) is 35.7 Å². The van der Waals surface area contributed by atoms with E-state index in [0.717, 1.165) is 5.57 Å². The number of aliphatic imine (C=N–C) groups is 2. The number of hydrogen-bond donors (Lipinski definition) is 3. The van der Waals surface area contributed by atoms with Crippen LogP contribution in [-0.4, -0.2) is 31.1 Å². The van der Waals surface area contributed by atoms with Crippen LogP contribution >= 0.6 is 11.6 Å². The summed E-state index contributed by atoms with van der Waals surface area (Å²) in [6.07, 6.45) is 10.4. The van der Waals surface area contributed by atoms with Crippen LogP contribution < -0.4 is 20.9 Å². The van der Waals surface area contributed by atoms with Crippen molar-refractivity contribution in [2.75, 3.05) is 6.54 Å². The van der Waals surface area contributed by atoms with E-state index in [0.29, 0.717) is 23.2 Å². The van der Waals surface area contributed by atoms with Crippen LogP contribution in [0.25, 0.3) is 0 Å². The first-order chi connectivity index (χ1) is 13.7. The van der Waals surface area contributed by atoms with Gasteiger partial charge in [0.05, 0.1) is 6.34 Å². The zero-order valence-corrected chi connectivity index (χ0v) is 16.1. The Morgan fingerprint density at radius 3 is 3.11 bits per heavy atom. The van der Waals surface area contributed by atoms with Crippen molar-refractivity contribution in [2.24, 2.45) is 9.98 Å². The van der Waals surface area contributed by atoms with Crippen LogP contribution in [0.15, 0.2) is 75.9 Å². The molecule has 0 aromatic heterocycles. The summed E-state index contributed by atoms with van der Waals surface area (Å²) in [6, 6.07) is 6.96. The molecule has 2 aliphatic rings. The average molecular weight is 394 g/mol. The third-order valence-electron chi connectivity index (χ3n) is 3.64. The molecule has 1 aromatic carbocycles. The van der Waals surface area contributed by atoms with Crippen molar-refractivity contribution in [1.82, 2.24) is 16.2 Å². The maximum absolute atomic E-state index is 6.02. The van der Waals surface area contributed by atoms with E-state index >= 15 is 0 Å². The number of hydrogen-bond acceptors (Lipinski definition) is 4. The van der Waals surface area contributed by atoms with Gasteiger partial charge in [0.25, 0.3) is 6.35 Å². The molecule has 0 amide bonds. The number of amidine groups is 1. The van der Waals surface area contributed by atoms with Crippen molar-refractivity contribution in [1.29, 1.82) is 0 Å². The smallest absolute Gasteiger partial charge is 0.271 e. The zero-order valence-electron chi connectivity index (χ0n) is 15.3. The lowest BCUT2D eigenvalue weighted by molar-refractivity contribution is 0.198. The lowest BCUT2D eigenvalue weighted by Gasteiger charge is -2.21. The Hall–Kier alpha value is -3.23. The van der Waals surface area contributed by atoms with Crippen LogP contribution in [0.5, 0.6) is 5.75 Å². The first-order valence-corrected chi connectivity index (χ1v) is 9.19. The Balaban J connectivity index is 1.73. The molecule has 0 spiro atoms. The van der Waals surface area contributed by atoms with Gasteiger partial charge in [-0.2, -0.15) is 4.99 Å². The molecule has 0 radical (unpaired) electrons. The van der Waals surface area contributed by atoms with Crippen LogP contribution in [0.3, 0.4) is 0 Å². The fourth-order valence-electron chi connectivity index (χ4n) is 2.33. The van der Waals surface area contributed by atoms with Gasteiger partial charge >= 0.3 is 0 Å². The molecular formula is C21H20ClN5O. The van der Waals surface area contributed by atoms with Gasteiger partial charge in [0, 0.05) is 11.6 Å². The number of nitrogens with one attached hydrogen (secondary N) is 3. The van der Waals surface area contributed by atoms with Gasteiger partial charge in [0.2, 0.25) is 0 Å². The number of rotatable bonds is 7. The lowest BCUT2D eigenvalue weighted by Crippen LogP contribution is -2.48. The molecule has 7 heteroatoms. The second kappa shape index (κ2) is 10.2. The summed E-state index contributed by atoms with van der Waals surface area (Å²) in [5.74, 6) is 7.20. The quantitative estimate of drug-likeness (QED) is 0.219. The highest BCUT2D eigenvalue weighted by molar-refractivity contribution is 6.30.